The minimum absolute atomic E-state index is 0.188. The smallest absolute Gasteiger partial charge is 0.475 e. The zero-order valence-corrected chi connectivity index (χ0v) is 19.6. The number of halogens is 6. The Morgan fingerprint density at radius 2 is 1.69 bits per heavy atom. The standard InChI is InChI=1S/C18H25N3O.2C2HF3O2/c1-4-9-21-10-8-18(17(21)22)13-20(11-14(18)2)12-16-7-5-6-15(3)19-16;2*3-2(4,5)1(6)7/h4-7,14H,1,8-13H2,2-3H3;2*(H,6,7)/t14-,18-;;/m1../s1. The maximum absolute atomic E-state index is 12.8. The van der Waals surface area contributed by atoms with Crippen molar-refractivity contribution in [2.45, 2.75) is 39.2 Å². The van der Waals surface area contributed by atoms with Gasteiger partial charge in [0, 0.05) is 38.4 Å². The van der Waals surface area contributed by atoms with Crippen LogP contribution in [-0.2, 0) is 20.9 Å². The molecule has 8 nitrogen and oxygen atoms in total. The topological polar surface area (TPSA) is 111 Å². The lowest BCUT2D eigenvalue weighted by atomic mass is 9.78. The van der Waals surface area contributed by atoms with Gasteiger partial charge in [-0.25, -0.2) is 9.59 Å². The van der Waals surface area contributed by atoms with Gasteiger partial charge in [-0.2, -0.15) is 26.3 Å². The molecule has 2 aliphatic heterocycles. The Hall–Kier alpha value is -3.16. The number of rotatable bonds is 4. The van der Waals surface area contributed by atoms with E-state index in [0.717, 1.165) is 44.0 Å². The van der Waals surface area contributed by atoms with Crippen LogP contribution in [0.5, 0.6) is 0 Å². The van der Waals surface area contributed by atoms with E-state index >= 15 is 0 Å². The van der Waals surface area contributed by atoms with Crippen LogP contribution < -0.4 is 0 Å². The lowest BCUT2D eigenvalue weighted by Crippen LogP contribution is -2.39. The highest BCUT2D eigenvalue weighted by atomic mass is 19.4. The van der Waals surface area contributed by atoms with Gasteiger partial charge in [0.2, 0.25) is 5.91 Å². The molecule has 0 bridgehead atoms. The Kier molecular flexibility index (Phi) is 10.5. The van der Waals surface area contributed by atoms with Gasteiger partial charge in [-0.05, 0) is 31.4 Å². The van der Waals surface area contributed by atoms with Gasteiger partial charge in [-0.15, -0.1) is 6.58 Å². The van der Waals surface area contributed by atoms with Crippen molar-refractivity contribution >= 4 is 17.8 Å². The molecule has 0 radical (unpaired) electrons. The van der Waals surface area contributed by atoms with Crippen LogP contribution in [0.15, 0.2) is 30.9 Å². The Bertz CT molecular complexity index is 929. The van der Waals surface area contributed by atoms with Gasteiger partial charge in [0.05, 0.1) is 11.1 Å². The summed E-state index contributed by atoms with van der Waals surface area (Å²) < 4.78 is 63.5. The lowest BCUT2D eigenvalue weighted by molar-refractivity contribution is -0.193. The minimum atomic E-state index is -5.08. The van der Waals surface area contributed by atoms with E-state index in [0.29, 0.717) is 18.4 Å². The molecule has 0 unspecified atom stereocenters. The molecule has 3 heterocycles. The van der Waals surface area contributed by atoms with Crippen LogP contribution in [0.4, 0.5) is 26.3 Å². The normalized spacial score (nSPS) is 21.9. The van der Waals surface area contributed by atoms with Gasteiger partial charge < -0.3 is 15.1 Å². The zero-order chi connectivity index (χ0) is 27.9. The van der Waals surface area contributed by atoms with Crippen LogP contribution in [0, 0.1) is 18.3 Å². The SMILES string of the molecule is C=CCN1CC[C@]2(CN(Cc3cccc(C)n3)C[C@H]2C)C1=O.O=C(O)C(F)(F)F.O=C(O)C(F)(F)F. The molecular formula is C22H27F6N3O5. The number of likely N-dealkylation sites (tertiary alicyclic amines) is 2. The Morgan fingerprint density at radius 1 is 1.17 bits per heavy atom. The number of hydrogen-bond acceptors (Lipinski definition) is 5. The molecule has 2 N–H and O–H groups in total. The summed E-state index contributed by atoms with van der Waals surface area (Å²) in [7, 11) is 0. The highest BCUT2D eigenvalue weighted by Crippen LogP contribution is 2.44. The van der Waals surface area contributed by atoms with Gasteiger partial charge >= 0.3 is 24.3 Å². The molecule has 2 atom stereocenters. The molecule has 1 aromatic heterocycles. The van der Waals surface area contributed by atoms with Crippen LogP contribution in [0.2, 0.25) is 0 Å². The molecule has 2 saturated heterocycles. The molecule has 1 aromatic rings. The summed E-state index contributed by atoms with van der Waals surface area (Å²) in [4.78, 5) is 39.5. The number of amides is 1. The van der Waals surface area contributed by atoms with Gasteiger partial charge in [-0.1, -0.05) is 19.1 Å². The van der Waals surface area contributed by atoms with Crippen LogP contribution in [-0.4, -0.2) is 81.4 Å². The fourth-order valence-corrected chi connectivity index (χ4v) is 4.01. The lowest BCUT2D eigenvalue weighted by Gasteiger charge is -2.26. The highest BCUT2D eigenvalue weighted by Gasteiger charge is 2.54. The van der Waals surface area contributed by atoms with E-state index in [1.54, 1.807) is 0 Å². The Balaban J connectivity index is 0.000000383. The third kappa shape index (κ3) is 8.50. The third-order valence-electron chi connectivity index (χ3n) is 5.69. The predicted octanol–water partition coefficient (Wildman–Crippen LogP) is 3.51. The molecule has 202 valence electrons. The van der Waals surface area contributed by atoms with Gasteiger partial charge in [0.1, 0.15) is 0 Å². The van der Waals surface area contributed by atoms with Crippen molar-refractivity contribution in [3.05, 3.63) is 42.2 Å². The average Bonchev–Trinajstić information content (AvgIpc) is 3.22. The number of carbonyl (C=O) groups excluding carboxylic acids is 1. The number of aryl methyl sites for hydroxylation is 1. The fourth-order valence-electron chi connectivity index (χ4n) is 4.01. The summed E-state index contributed by atoms with van der Waals surface area (Å²) in [5, 5.41) is 14.2. The maximum atomic E-state index is 12.8. The summed E-state index contributed by atoms with van der Waals surface area (Å²) in [5.41, 5.74) is 1.96. The first-order valence-corrected chi connectivity index (χ1v) is 10.6. The van der Waals surface area contributed by atoms with E-state index in [2.05, 4.69) is 35.5 Å². The molecule has 14 heteroatoms. The molecule has 0 aliphatic carbocycles. The minimum Gasteiger partial charge on any atom is -0.475 e. The van der Waals surface area contributed by atoms with Crippen molar-refractivity contribution < 1.29 is 50.9 Å². The Labute approximate surface area is 203 Å². The second-order valence-corrected chi connectivity index (χ2v) is 8.39. The molecule has 2 fully saturated rings. The summed E-state index contributed by atoms with van der Waals surface area (Å²) in [6.45, 7) is 12.2. The second kappa shape index (κ2) is 12.2. The molecule has 0 saturated carbocycles. The summed E-state index contributed by atoms with van der Waals surface area (Å²) >= 11 is 0. The van der Waals surface area contributed by atoms with E-state index in [1.807, 2.05) is 24.0 Å². The van der Waals surface area contributed by atoms with E-state index in [4.69, 9.17) is 19.8 Å². The van der Waals surface area contributed by atoms with Crippen molar-refractivity contribution in [2.24, 2.45) is 11.3 Å². The first-order valence-electron chi connectivity index (χ1n) is 10.6. The molecule has 3 rings (SSSR count). The first kappa shape index (κ1) is 30.9. The van der Waals surface area contributed by atoms with E-state index in [9.17, 15) is 31.1 Å². The summed E-state index contributed by atoms with van der Waals surface area (Å²) in [6, 6.07) is 6.15. The van der Waals surface area contributed by atoms with Crippen LogP contribution in [0.25, 0.3) is 0 Å². The van der Waals surface area contributed by atoms with E-state index in [1.165, 1.54) is 0 Å². The molecular weight excluding hydrogens is 500 g/mol. The van der Waals surface area contributed by atoms with E-state index < -0.39 is 24.3 Å². The number of carboxylic acids is 2. The largest absolute Gasteiger partial charge is 0.490 e. The molecule has 1 amide bonds. The van der Waals surface area contributed by atoms with Crippen molar-refractivity contribution in [3.8, 4) is 0 Å². The summed E-state index contributed by atoms with van der Waals surface area (Å²) in [6.07, 6.45) is -7.37. The third-order valence-corrected chi connectivity index (χ3v) is 5.69. The van der Waals surface area contributed by atoms with E-state index in [-0.39, 0.29) is 5.41 Å². The summed E-state index contributed by atoms with van der Waals surface area (Å²) in [5.74, 6) is -4.79. The number of carbonyl (C=O) groups is 3. The number of nitrogens with zero attached hydrogens (tertiary/aromatic N) is 3. The zero-order valence-electron chi connectivity index (χ0n) is 19.6. The molecule has 1 spiro atoms. The number of carboxylic acid groups (broad SMARTS) is 2. The maximum Gasteiger partial charge on any atom is 0.490 e. The number of aliphatic carboxylic acids is 2. The number of pyridine rings is 1. The van der Waals surface area contributed by atoms with Crippen molar-refractivity contribution in [2.75, 3.05) is 26.2 Å². The highest BCUT2D eigenvalue weighted by molar-refractivity contribution is 5.86. The number of hydrogen-bond donors (Lipinski definition) is 2. The van der Waals surface area contributed by atoms with Crippen LogP contribution in [0.3, 0.4) is 0 Å². The van der Waals surface area contributed by atoms with Crippen LogP contribution >= 0.6 is 0 Å². The van der Waals surface area contributed by atoms with Gasteiger partial charge in [0.15, 0.2) is 0 Å². The molecule has 0 aromatic carbocycles. The monoisotopic (exact) mass is 527 g/mol. The fraction of sp³-hybridized carbons (Fsp3) is 0.545. The Morgan fingerprint density at radius 3 is 2.14 bits per heavy atom. The van der Waals surface area contributed by atoms with Gasteiger partial charge in [-0.3, -0.25) is 14.7 Å². The quantitative estimate of drug-likeness (QED) is 0.456. The average molecular weight is 527 g/mol. The van der Waals surface area contributed by atoms with Crippen molar-refractivity contribution in [1.82, 2.24) is 14.8 Å². The molecule has 36 heavy (non-hydrogen) atoms. The van der Waals surface area contributed by atoms with Crippen LogP contribution in [0.1, 0.15) is 24.7 Å². The van der Waals surface area contributed by atoms with Gasteiger partial charge in [0.25, 0.3) is 0 Å². The van der Waals surface area contributed by atoms with Crippen molar-refractivity contribution in [1.29, 1.82) is 0 Å². The molecule has 2 aliphatic rings. The first-order chi connectivity index (χ1) is 16.4. The predicted molar refractivity (Wildman–Crippen MR) is 115 cm³/mol. The van der Waals surface area contributed by atoms with Crippen molar-refractivity contribution in [3.63, 3.8) is 0 Å². The second-order valence-electron chi connectivity index (χ2n) is 8.39. The number of aromatic nitrogens is 1. The number of alkyl halides is 6.